The van der Waals surface area contributed by atoms with Gasteiger partial charge in [-0.15, -0.1) is 0 Å². The molecule has 0 radical (unpaired) electrons. The molecular weight excluding hydrogens is 520 g/mol. The number of rotatable bonds is 13. The van der Waals surface area contributed by atoms with Gasteiger partial charge < -0.3 is 29.4 Å². The second kappa shape index (κ2) is 14.1. The number of esters is 1. The van der Waals surface area contributed by atoms with E-state index in [2.05, 4.69) is 13.0 Å². The topological polar surface area (TPSA) is 113 Å². The van der Waals surface area contributed by atoms with Crippen LogP contribution in [-0.2, 0) is 0 Å². The smallest absolute Gasteiger partial charge is 0.347 e. The largest absolute Gasteiger partial charge is 0.493 e. The van der Waals surface area contributed by atoms with Gasteiger partial charge in [0.05, 0.1) is 26.2 Å². The molecule has 1 atom stereocenters. The molecule has 1 unspecified atom stereocenters. The maximum absolute atomic E-state index is 13.0. The number of allylic oxidation sites excluding steroid dienone is 1. The first-order valence-corrected chi connectivity index (χ1v) is 14.0. The number of carbonyl (C=O) groups is 1. The fraction of sp³-hybridized carbons (Fsp3) is 0.333. The zero-order valence-corrected chi connectivity index (χ0v) is 23.8. The fourth-order valence-corrected chi connectivity index (χ4v) is 4.67. The summed E-state index contributed by atoms with van der Waals surface area (Å²) in [4.78, 5) is 13.0. The van der Waals surface area contributed by atoms with Crippen LogP contribution in [0.15, 0.2) is 72.1 Å². The highest BCUT2D eigenvalue weighted by atomic mass is 16.5. The lowest BCUT2D eigenvalue weighted by Gasteiger charge is -2.27. The number of methoxy groups -OCH3 is 1. The quantitative estimate of drug-likeness (QED) is 0.138. The number of benzene rings is 3. The molecule has 1 aliphatic heterocycles. The minimum absolute atomic E-state index is 0.0120. The van der Waals surface area contributed by atoms with Crippen LogP contribution in [0.25, 0.3) is 0 Å². The summed E-state index contributed by atoms with van der Waals surface area (Å²) < 4.78 is 28.8. The van der Waals surface area contributed by atoms with Crippen molar-refractivity contribution in [1.82, 2.24) is 0 Å². The van der Waals surface area contributed by atoms with Crippen molar-refractivity contribution in [2.45, 2.75) is 51.9 Å². The Morgan fingerprint density at radius 1 is 0.927 bits per heavy atom. The lowest BCUT2D eigenvalue weighted by Crippen LogP contribution is -2.21. The first-order valence-electron chi connectivity index (χ1n) is 14.0. The Balaban J connectivity index is 1.59. The first-order chi connectivity index (χ1) is 20.0. The molecule has 41 heavy (non-hydrogen) atoms. The predicted octanol–water partition coefficient (Wildman–Crippen LogP) is 6.88. The van der Waals surface area contributed by atoms with Crippen molar-refractivity contribution in [3.63, 3.8) is 0 Å². The molecular formula is C33H36N2O6. The zero-order valence-electron chi connectivity index (χ0n) is 23.8. The number of carbonyl (C=O) groups excluding carboxylic acids is 1. The molecule has 1 aliphatic rings. The number of hydrogen-bond acceptors (Lipinski definition) is 8. The van der Waals surface area contributed by atoms with Gasteiger partial charge in [-0.1, -0.05) is 57.4 Å². The maximum atomic E-state index is 13.0. The number of para-hydroxylation sites is 1. The second-order valence-electron chi connectivity index (χ2n) is 9.68. The Morgan fingerprint density at radius 2 is 1.73 bits per heavy atom. The highest BCUT2D eigenvalue weighted by Crippen LogP contribution is 2.45. The van der Waals surface area contributed by atoms with Crippen LogP contribution in [0.3, 0.4) is 0 Å². The Bertz CT molecular complexity index is 1440. The molecule has 214 valence electrons. The van der Waals surface area contributed by atoms with Crippen LogP contribution in [0.1, 0.15) is 73.4 Å². The van der Waals surface area contributed by atoms with Crippen LogP contribution in [0.5, 0.6) is 28.7 Å². The van der Waals surface area contributed by atoms with E-state index in [1.165, 1.54) is 6.42 Å². The number of nitriles is 1. The van der Waals surface area contributed by atoms with Crippen molar-refractivity contribution in [2.24, 2.45) is 5.73 Å². The Labute approximate surface area is 241 Å². The number of ether oxygens (including phenoxy) is 5. The predicted molar refractivity (Wildman–Crippen MR) is 156 cm³/mol. The van der Waals surface area contributed by atoms with Crippen LogP contribution in [0.4, 0.5) is 0 Å². The van der Waals surface area contributed by atoms with E-state index in [-0.39, 0.29) is 17.2 Å². The average Bonchev–Trinajstić information content (AvgIpc) is 2.99. The number of nitrogens with zero attached hydrogens (tertiary/aromatic N) is 1. The SMILES string of the molecule is CCCCCCOc1ccc(C2C(C#N)=C(N)Oc3cc(OC(=O)c4ccccc4OCCC)ccc32)cc1OC. The fourth-order valence-electron chi connectivity index (χ4n) is 4.67. The summed E-state index contributed by atoms with van der Waals surface area (Å²) >= 11 is 0. The van der Waals surface area contributed by atoms with E-state index < -0.39 is 11.9 Å². The average molecular weight is 557 g/mol. The summed E-state index contributed by atoms with van der Waals surface area (Å²) in [6, 6.07) is 19.8. The van der Waals surface area contributed by atoms with Gasteiger partial charge in [-0.25, -0.2) is 4.79 Å². The van der Waals surface area contributed by atoms with Crippen LogP contribution >= 0.6 is 0 Å². The molecule has 0 spiro atoms. The van der Waals surface area contributed by atoms with Crippen LogP contribution in [-0.4, -0.2) is 26.3 Å². The molecule has 4 rings (SSSR count). The monoisotopic (exact) mass is 556 g/mol. The maximum Gasteiger partial charge on any atom is 0.347 e. The van der Waals surface area contributed by atoms with E-state index in [1.54, 1.807) is 49.6 Å². The Morgan fingerprint density at radius 3 is 2.49 bits per heavy atom. The molecule has 2 N–H and O–H groups in total. The van der Waals surface area contributed by atoms with Crippen molar-refractivity contribution in [3.8, 4) is 34.8 Å². The van der Waals surface area contributed by atoms with Crippen molar-refractivity contribution in [1.29, 1.82) is 5.26 Å². The van der Waals surface area contributed by atoms with E-state index in [0.29, 0.717) is 47.3 Å². The van der Waals surface area contributed by atoms with Crippen molar-refractivity contribution in [3.05, 3.63) is 88.8 Å². The van der Waals surface area contributed by atoms with Crippen LogP contribution < -0.4 is 29.4 Å². The molecule has 8 heteroatoms. The van der Waals surface area contributed by atoms with E-state index in [4.69, 9.17) is 29.4 Å². The van der Waals surface area contributed by atoms with Gasteiger partial charge in [0.1, 0.15) is 34.5 Å². The minimum atomic E-state index is -0.555. The normalized spacial score (nSPS) is 14.0. The highest BCUT2D eigenvalue weighted by Gasteiger charge is 2.32. The molecule has 0 fully saturated rings. The summed E-state index contributed by atoms with van der Waals surface area (Å²) in [7, 11) is 1.59. The molecule has 0 amide bonds. The van der Waals surface area contributed by atoms with Gasteiger partial charge >= 0.3 is 5.97 Å². The summed E-state index contributed by atoms with van der Waals surface area (Å²) in [6.07, 6.45) is 5.23. The van der Waals surface area contributed by atoms with Gasteiger partial charge in [0.25, 0.3) is 0 Å². The first kappa shape index (κ1) is 29.3. The van der Waals surface area contributed by atoms with Gasteiger partial charge in [-0.2, -0.15) is 5.26 Å². The summed E-state index contributed by atoms with van der Waals surface area (Å²) in [5, 5.41) is 9.97. The van der Waals surface area contributed by atoms with Gasteiger partial charge in [-0.05, 0) is 48.7 Å². The second-order valence-corrected chi connectivity index (χ2v) is 9.68. The van der Waals surface area contributed by atoms with E-state index in [1.807, 2.05) is 25.1 Å². The van der Waals surface area contributed by atoms with Crippen LogP contribution in [0.2, 0.25) is 0 Å². The molecule has 0 saturated heterocycles. The summed E-state index contributed by atoms with van der Waals surface area (Å²) in [5.41, 5.74) is 8.30. The molecule has 0 aromatic heterocycles. The highest BCUT2D eigenvalue weighted by molar-refractivity contribution is 5.94. The van der Waals surface area contributed by atoms with E-state index in [9.17, 15) is 10.1 Å². The van der Waals surface area contributed by atoms with Gasteiger partial charge in [0.15, 0.2) is 11.5 Å². The molecule has 8 nitrogen and oxygen atoms in total. The molecule has 0 aliphatic carbocycles. The van der Waals surface area contributed by atoms with Crippen molar-refractivity contribution >= 4 is 5.97 Å². The van der Waals surface area contributed by atoms with Gasteiger partial charge in [-0.3, -0.25) is 0 Å². The van der Waals surface area contributed by atoms with Crippen molar-refractivity contribution < 1.29 is 28.5 Å². The third kappa shape index (κ3) is 6.93. The molecule has 0 saturated carbocycles. The molecule has 3 aromatic carbocycles. The number of unbranched alkanes of at least 4 members (excludes halogenated alkanes) is 3. The lowest BCUT2D eigenvalue weighted by atomic mass is 9.83. The zero-order chi connectivity index (χ0) is 29.2. The standard InChI is InChI=1S/C33H36N2O6/c1-4-6-7-10-18-39-28-16-13-22(19-30(28)37-3)31-24-15-14-23(20-29(24)41-32(35)26(31)21-34)40-33(36)25-11-8-9-12-27(25)38-17-5-2/h8-9,11-16,19-20,31H,4-7,10,17-18,35H2,1-3H3. The van der Waals surface area contributed by atoms with Crippen LogP contribution in [0, 0.1) is 11.3 Å². The van der Waals surface area contributed by atoms with E-state index >= 15 is 0 Å². The van der Waals surface area contributed by atoms with Gasteiger partial charge in [0.2, 0.25) is 5.88 Å². The molecule has 3 aromatic rings. The van der Waals surface area contributed by atoms with E-state index in [0.717, 1.165) is 31.2 Å². The minimum Gasteiger partial charge on any atom is -0.493 e. The number of fused-ring (bicyclic) bond motifs is 1. The van der Waals surface area contributed by atoms with Gasteiger partial charge in [0, 0.05) is 11.6 Å². The third-order valence-electron chi connectivity index (χ3n) is 6.75. The molecule has 1 heterocycles. The van der Waals surface area contributed by atoms with Crippen molar-refractivity contribution in [2.75, 3.05) is 20.3 Å². The molecule has 0 bridgehead atoms. The Hall–Kier alpha value is -4.64. The Kier molecular flexibility index (Phi) is 10.1. The lowest BCUT2D eigenvalue weighted by molar-refractivity contribution is 0.0730. The summed E-state index contributed by atoms with van der Waals surface area (Å²) in [5.74, 6) is 1.25. The third-order valence-corrected chi connectivity index (χ3v) is 6.75. The number of nitrogens with two attached hydrogens (primary N) is 1. The summed E-state index contributed by atoms with van der Waals surface area (Å²) in [6.45, 7) is 5.25. The number of hydrogen-bond donors (Lipinski definition) is 1.